The molecule has 0 radical (unpaired) electrons. The van der Waals surface area contributed by atoms with Crippen molar-refractivity contribution in [1.29, 1.82) is 0 Å². The molecule has 6 nitrogen and oxygen atoms in total. The van der Waals surface area contributed by atoms with Crippen molar-refractivity contribution in [3.63, 3.8) is 0 Å². The van der Waals surface area contributed by atoms with Crippen molar-refractivity contribution in [1.82, 2.24) is 10.3 Å². The molecule has 0 spiro atoms. The van der Waals surface area contributed by atoms with E-state index in [1.54, 1.807) is 23.1 Å². The van der Waals surface area contributed by atoms with Gasteiger partial charge in [0, 0.05) is 40.4 Å². The van der Waals surface area contributed by atoms with Gasteiger partial charge in [0.15, 0.2) is 0 Å². The Balaban J connectivity index is 1.51. The molecule has 7 heteroatoms. The number of halogens is 1. The molecule has 2 N–H and O–H groups in total. The van der Waals surface area contributed by atoms with Crippen LogP contribution in [0.5, 0.6) is 0 Å². The number of nitrogens with zero attached hydrogens (tertiary/aromatic N) is 2. The summed E-state index contributed by atoms with van der Waals surface area (Å²) in [6.45, 7) is 1.31. The van der Waals surface area contributed by atoms with Gasteiger partial charge >= 0.3 is 6.03 Å². The number of rotatable bonds is 4. The minimum Gasteiger partial charge on any atom is -0.338 e. The number of fused-ring (bicyclic) bond motifs is 1. The van der Waals surface area contributed by atoms with Gasteiger partial charge in [0.1, 0.15) is 0 Å². The van der Waals surface area contributed by atoms with Crippen molar-refractivity contribution in [2.24, 2.45) is 0 Å². The Bertz CT molecular complexity index is 1370. The molecular formula is C26H21ClN4O2. The van der Waals surface area contributed by atoms with E-state index in [-0.39, 0.29) is 11.9 Å². The zero-order valence-electron chi connectivity index (χ0n) is 17.7. The first-order valence-corrected chi connectivity index (χ1v) is 11.1. The fourth-order valence-corrected chi connectivity index (χ4v) is 4.23. The number of pyridine rings is 1. The second kappa shape index (κ2) is 8.92. The van der Waals surface area contributed by atoms with Gasteiger partial charge in [0.25, 0.3) is 5.91 Å². The maximum Gasteiger partial charge on any atom is 0.321 e. The number of benzene rings is 3. The van der Waals surface area contributed by atoms with Gasteiger partial charge in [-0.15, -0.1) is 0 Å². The molecule has 4 aromatic rings. The zero-order chi connectivity index (χ0) is 22.8. The fraction of sp³-hybridized carbons (Fsp3) is 0.115. The van der Waals surface area contributed by atoms with E-state index in [0.717, 1.165) is 23.1 Å². The summed E-state index contributed by atoms with van der Waals surface area (Å²) in [5, 5.41) is 7.14. The number of carbonyl (C=O) groups excluding carboxylic acids is 2. The molecule has 0 atom stereocenters. The third-order valence-electron chi connectivity index (χ3n) is 5.61. The van der Waals surface area contributed by atoms with Gasteiger partial charge in [-0.05, 0) is 42.8 Å². The van der Waals surface area contributed by atoms with E-state index < -0.39 is 0 Å². The largest absolute Gasteiger partial charge is 0.338 e. The summed E-state index contributed by atoms with van der Waals surface area (Å²) in [5.41, 5.74) is 3.94. The number of hydrogen-bond acceptors (Lipinski definition) is 3. The summed E-state index contributed by atoms with van der Waals surface area (Å²) < 4.78 is 0. The number of hydrogen-bond donors (Lipinski definition) is 2. The monoisotopic (exact) mass is 456 g/mol. The highest BCUT2D eigenvalue weighted by atomic mass is 35.5. The van der Waals surface area contributed by atoms with Crippen molar-refractivity contribution in [2.45, 2.75) is 6.42 Å². The first-order valence-electron chi connectivity index (χ1n) is 10.7. The third kappa shape index (κ3) is 4.25. The Morgan fingerprint density at radius 3 is 2.67 bits per heavy atom. The van der Waals surface area contributed by atoms with Crippen LogP contribution < -0.4 is 15.5 Å². The normalized spacial score (nSPS) is 13.6. The van der Waals surface area contributed by atoms with Gasteiger partial charge in [-0.3, -0.25) is 9.69 Å². The molecule has 1 aliphatic rings. The van der Waals surface area contributed by atoms with Crippen LogP contribution in [0.1, 0.15) is 16.8 Å². The summed E-state index contributed by atoms with van der Waals surface area (Å²) in [4.78, 5) is 32.0. The molecule has 164 valence electrons. The minimum atomic E-state index is -0.262. The third-order valence-corrected chi connectivity index (χ3v) is 5.94. The Hall–Kier alpha value is -3.90. The molecule has 5 rings (SSSR count). The maximum absolute atomic E-state index is 13.4. The molecule has 0 unspecified atom stereocenters. The van der Waals surface area contributed by atoms with Gasteiger partial charge in [-0.25, -0.2) is 9.78 Å². The van der Waals surface area contributed by atoms with Gasteiger partial charge in [-0.1, -0.05) is 54.1 Å². The van der Waals surface area contributed by atoms with Gasteiger partial charge in [0.05, 0.1) is 16.8 Å². The molecule has 1 aliphatic heterocycles. The average molecular weight is 457 g/mol. The molecule has 1 aromatic heterocycles. The van der Waals surface area contributed by atoms with Crippen LogP contribution in [0.25, 0.3) is 22.2 Å². The molecule has 1 saturated heterocycles. The average Bonchev–Trinajstić information content (AvgIpc) is 2.84. The summed E-state index contributed by atoms with van der Waals surface area (Å²) in [7, 11) is 0. The predicted octanol–water partition coefficient (Wildman–Crippen LogP) is 5.73. The summed E-state index contributed by atoms with van der Waals surface area (Å²) >= 11 is 6.40. The van der Waals surface area contributed by atoms with Crippen LogP contribution in [0.15, 0.2) is 78.9 Å². The van der Waals surface area contributed by atoms with Gasteiger partial charge in [0.2, 0.25) is 0 Å². The maximum atomic E-state index is 13.4. The quantitative estimate of drug-likeness (QED) is 0.412. The molecule has 1 fully saturated rings. The number of aromatic nitrogens is 1. The Morgan fingerprint density at radius 1 is 1.00 bits per heavy atom. The minimum absolute atomic E-state index is 0.130. The van der Waals surface area contributed by atoms with Crippen LogP contribution in [0.3, 0.4) is 0 Å². The topological polar surface area (TPSA) is 74.3 Å². The van der Waals surface area contributed by atoms with Crippen molar-refractivity contribution in [2.75, 3.05) is 23.3 Å². The highest BCUT2D eigenvalue weighted by Crippen LogP contribution is 2.30. The lowest BCUT2D eigenvalue weighted by Gasteiger charge is -2.27. The second-order valence-corrected chi connectivity index (χ2v) is 8.20. The van der Waals surface area contributed by atoms with Gasteiger partial charge < -0.3 is 10.6 Å². The van der Waals surface area contributed by atoms with E-state index >= 15 is 0 Å². The Kier molecular flexibility index (Phi) is 5.67. The van der Waals surface area contributed by atoms with E-state index in [2.05, 4.69) is 10.6 Å². The first kappa shape index (κ1) is 21.0. The van der Waals surface area contributed by atoms with Crippen LogP contribution in [0.4, 0.5) is 16.2 Å². The molecular weight excluding hydrogens is 436 g/mol. The van der Waals surface area contributed by atoms with Crippen molar-refractivity contribution in [3.8, 4) is 11.3 Å². The van der Waals surface area contributed by atoms with Crippen LogP contribution >= 0.6 is 11.6 Å². The number of nitrogens with one attached hydrogen (secondary N) is 2. The second-order valence-electron chi connectivity index (χ2n) is 7.79. The smallest absolute Gasteiger partial charge is 0.321 e. The van der Waals surface area contributed by atoms with E-state index in [9.17, 15) is 9.59 Å². The predicted molar refractivity (Wildman–Crippen MR) is 132 cm³/mol. The molecule has 33 heavy (non-hydrogen) atoms. The van der Waals surface area contributed by atoms with Crippen molar-refractivity contribution >= 4 is 45.8 Å². The van der Waals surface area contributed by atoms with Crippen molar-refractivity contribution in [3.05, 3.63) is 89.4 Å². The number of para-hydroxylation sites is 1. The SMILES string of the molecule is O=C(Nc1cccc(N2CCCNC2=O)c1)c1cc(-c2ccccc2Cl)nc2ccccc12. The number of anilines is 2. The lowest BCUT2D eigenvalue weighted by molar-refractivity contribution is 0.102. The summed E-state index contributed by atoms with van der Waals surface area (Å²) in [5.74, 6) is -0.262. The fourth-order valence-electron chi connectivity index (χ4n) is 4.00. The lowest BCUT2D eigenvalue weighted by atomic mass is 10.0. The zero-order valence-corrected chi connectivity index (χ0v) is 18.5. The molecule has 3 aromatic carbocycles. The molecule has 0 aliphatic carbocycles. The standard InChI is InChI=1S/C26H21ClN4O2/c27-22-11-3-1-10-20(22)24-16-21(19-9-2-4-12-23(19)30-24)25(32)29-17-7-5-8-18(15-17)31-14-6-13-28-26(31)33/h1-5,7-12,15-16H,6,13-14H2,(H,28,33)(H,29,32). The highest BCUT2D eigenvalue weighted by molar-refractivity contribution is 6.33. The number of urea groups is 1. The molecule has 0 saturated carbocycles. The van der Waals surface area contributed by atoms with Crippen LogP contribution in [0, 0.1) is 0 Å². The number of amides is 3. The number of carbonyl (C=O) groups is 2. The van der Waals surface area contributed by atoms with E-state index in [1.165, 1.54) is 0 Å². The first-order chi connectivity index (χ1) is 16.1. The van der Waals surface area contributed by atoms with Gasteiger partial charge in [-0.2, -0.15) is 0 Å². The summed E-state index contributed by atoms with van der Waals surface area (Å²) in [6.07, 6.45) is 0.871. The molecule has 0 bridgehead atoms. The Morgan fingerprint density at radius 2 is 1.82 bits per heavy atom. The van der Waals surface area contributed by atoms with Crippen LogP contribution in [-0.4, -0.2) is 30.0 Å². The lowest BCUT2D eigenvalue weighted by Crippen LogP contribution is -2.46. The summed E-state index contributed by atoms with van der Waals surface area (Å²) in [6, 6.07) is 23.9. The van der Waals surface area contributed by atoms with E-state index in [0.29, 0.717) is 40.6 Å². The highest BCUT2D eigenvalue weighted by Gasteiger charge is 2.20. The molecule has 3 amide bonds. The van der Waals surface area contributed by atoms with Crippen molar-refractivity contribution < 1.29 is 9.59 Å². The van der Waals surface area contributed by atoms with E-state index in [1.807, 2.05) is 60.7 Å². The van der Waals surface area contributed by atoms with E-state index in [4.69, 9.17) is 16.6 Å². The van der Waals surface area contributed by atoms with Crippen LogP contribution in [-0.2, 0) is 0 Å². The Labute approximate surface area is 196 Å². The molecule has 2 heterocycles. The van der Waals surface area contributed by atoms with Crippen LogP contribution in [0.2, 0.25) is 5.02 Å².